The normalized spacial score (nSPS) is 12.5. The van der Waals surface area contributed by atoms with Crippen LogP contribution in [0, 0.1) is 17.5 Å². The smallest absolute Gasteiger partial charge is 0.164 e. The molecule has 94 valence electrons. The molecule has 1 N–H and O–H groups in total. The fourth-order valence-corrected chi connectivity index (χ4v) is 1.78. The lowest BCUT2D eigenvalue weighted by Gasteiger charge is -2.13. The van der Waals surface area contributed by atoms with Crippen molar-refractivity contribution < 1.29 is 18.3 Å². The summed E-state index contributed by atoms with van der Waals surface area (Å²) < 4.78 is 39.5. The molecule has 0 bridgehead atoms. The molecule has 0 aliphatic carbocycles. The first kappa shape index (κ1) is 12.9. The Labute approximate surface area is 106 Å². The summed E-state index contributed by atoms with van der Waals surface area (Å²) in [6, 6.07) is 6.96. The van der Waals surface area contributed by atoms with E-state index in [0.29, 0.717) is 0 Å². The lowest BCUT2D eigenvalue weighted by Crippen LogP contribution is -2.04. The van der Waals surface area contributed by atoms with Gasteiger partial charge in [0.2, 0.25) is 0 Å². The zero-order valence-electron chi connectivity index (χ0n) is 9.00. The molecule has 0 aliphatic heterocycles. The molecule has 1 nitrogen and oxygen atoms in total. The number of halogens is 4. The Morgan fingerprint density at radius 1 is 1.00 bits per heavy atom. The van der Waals surface area contributed by atoms with Crippen molar-refractivity contribution in [3.05, 3.63) is 70.0 Å². The van der Waals surface area contributed by atoms with Gasteiger partial charge in [-0.25, -0.2) is 13.2 Å². The van der Waals surface area contributed by atoms with Gasteiger partial charge in [-0.3, -0.25) is 0 Å². The minimum absolute atomic E-state index is 0.186. The summed E-state index contributed by atoms with van der Waals surface area (Å²) in [5.41, 5.74) is -0.0384. The molecule has 0 saturated carbocycles. The number of hydrogen-bond acceptors (Lipinski definition) is 1. The van der Waals surface area contributed by atoms with E-state index >= 15 is 0 Å². The Morgan fingerprint density at radius 2 is 1.72 bits per heavy atom. The molecule has 5 heteroatoms. The molecule has 2 aromatic rings. The summed E-state index contributed by atoms with van der Waals surface area (Å²) in [6.45, 7) is 0. The van der Waals surface area contributed by atoms with Crippen LogP contribution in [0.1, 0.15) is 17.2 Å². The lowest BCUT2D eigenvalue weighted by molar-refractivity contribution is 0.213. The average Bonchev–Trinajstić information content (AvgIpc) is 2.35. The average molecular weight is 273 g/mol. The molecule has 0 radical (unpaired) electrons. The second-order valence-corrected chi connectivity index (χ2v) is 4.13. The summed E-state index contributed by atoms with van der Waals surface area (Å²) in [5, 5.41) is 9.73. The predicted octanol–water partition coefficient (Wildman–Crippen LogP) is 3.84. The molecule has 1 unspecified atom stereocenters. The van der Waals surface area contributed by atoms with Gasteiger partial charge in [-0.2, -0.15) is 0 Å². The van der Waals surface area contributed by atoms with Crippen LogP contribution in [0.25, 0.3) is 0 Å². The monoisotopic (exact) mass is 272 g/mol. The van der Waals surface area contributed by atoms with Gasteiger partial charge in [0.15, 0.2) is 11.6 Å². The van der Waals surface area contributed by atoms with Gasteiger partial charge in [0, 0.05) is 5.56 Å². The van der Waals surface area contributed by atoms with E-state index in [9.17, 15) is 18.3 Å². The van der Waals surface area contributed by atoms with Gasteiger partial charge >= 0.3 is 0 Å². The maximum Gasteiger partial charge on any atom is 0.164 e. The quantitative estimate of drug-likeness (QED) is 0.881. The van der Waals surface area contributed by atoms with Crippen LogP contribution in [-0.4, -0.2) is 5.11 Å². The fraction of sp³-hybridized carbons (Fsp3) is 0.0769. The maximum atomic E-state index is 13.5. The highest BCUT2D eigenvalue weighted by molar-refractivity contribution is 6.30. The number of rotatable bonds is 2. The van der Waals surface area contributed by atoms with Gasteiger partial charge in [0.1, 0.15) is 11.9 Å². The van der Waals surface area contributed by atoms with Gasteiger partial charge in [-0.1, -0.05) is 29.8 Å². The van der Waals surface area contributed by atoms with E-state index in [1.54, 1.807) is 0 Å². The maximum absolute atomic E-state index is 13.5. The Kier molecular flexibility index (Phi) is 3.59. The largest absolute Gasteiger partial charge is 0.384 e. The van der Waals surface area contributed by atoms with E-state index < -0.39 is 23.6 Å². The molecule has 0 aromatic heterocycles. The minimum atomic E-state index is -1.40. The molecule has 2 aromatic carbocycles. The van der Waals surface area contributed by atoms with E-state index in [1.807, 2.05) is 0 Å². The van der Waals surface area contributed by atoms with Crippen molar-refractivity contribution in [2.75, 3.05) is 0 Å². The van der Waals surface area contributed by atoms with Crippen molar-refractivity contribution in [2.24, 2.45) is 0 Å². The molecule has 0 fully saturated rings. The Balaban J connectivity index is 2.44. The first-order valence-electron chi connectivity index (χ1n) is 5.07. The van der Waals surface area contributed by atoms with Crippen LogP contribution in [0.5, 0.6) is 0 Å². The molecule has 1 atom stereocenters. The molecule has 0 aliphatic rings. The van der Waals surface area contributed by atoms with Crippen molar-refractivity contribution in [1.29, 1.82) is 0 Å². The molecule has 0 saturated heterocycles. The number of aliphatic hydroxyl groups excluding tert-OH is 1. The van der Waals surface area contributed by atoms with Crippen molar-refractivity contribution in [3.63, 3.8) is 0 Å². The van der Waals surface area contributed by atoms with Gasteiger partial charge in [0.25, 0.3) is 0 Å². The zero-order chi connectivity index (χ0) is 13.3. The first-order valence-corrected chi connectivity index (χ1v) is 5.45. The summed E-state index contributed by atoms with van der Waals surface area (Å²) in [7, 11) is 0. The van der Waals surface area contributed by atoms with Gasteiger partial charge in [-0.05, 0) is 23.8 Å². The van der Waals surface area contributed by atoms with Crippen LogP contribution < -0.4 is 0 Å². The number of hydrogen-bond donors (Lipinski definition) is 1. The molecule has 0 amide bonds. The second kappa shape index (κ2) is 5.00. The summed E-state index contributed by atoms with van der Waals surface area (Å²) >= 11 is 5.56. The van der Waals surface area contributed by atoms with Gasteiger partial charge in [0.05, 0.1) is 5.02 Å². The first-order chi connectivity index (χ1) is 8.50. The summed E-state index contributed by atoms with van der Waals surface area (Å²) in [5.74, 6) is -2.84. The predicted molar refractivity (Wildman–Crippen MR) is 61.8 cm³/mol. The van der Waals surface area contributed by atoms with Crippen molar-refractivity contribution in [2.45, 2.75) is 6.10 Å². The standard InChI is InChI=1S/C13H8ClF3O/c14-9-6-7(4-5-10(9)15)13(18)8-2-1-3-11(16)12(8)17/h1-6,13,18H. The highest BCUT2D eigenvalue weighted by Gasteiger charge is 2.18. The van der Waals surface area contributed by atoms with Crippen LogP contribution >= 0.6 is 11.6 Å². The van der Waals surface area contributed by atoms with Crippen LogP contribution in [-0.2, 0) is 0 Å². The highest BCUT2D eigenvalue weighted by atomic mass is 35.5. The van der Waals surface area contributed by atoms with Crippen LogP contribution in [0.4, 0.5) is 13.2 Å². The van der Waals surface area contributed by atoms with Crippen LogP contribution in [0.2, 0.25) is 5.02 Å². The van der Waals surface area contributed by atoms with Gasteiger partial charge in [-0.15, -0.1) is 0 Å². The van der Waals surface area contributed by atoms with Crippen LogP contribution in [0.15, 0.2) is 36.4 Å². The molecule has 2 rings (SSSR count). The van der Waals surface area contributed by atoms with E-state index in [1.165, 1.54) is 24.3 Å². The minimum Gasteiger partial charge on any atom is -0.384 e. The third-order valence-corrected chi connectivity index (χ3v) is 2.83. The Bertz CT molecular complexity index is 586. The second-order valence-electron chi connectivity index (χ2n) is 3.72. The van der Waals surface area contributed by atoms with E-state index in [0.717, 1.165) is 12.1 Å². The van der Waals surface area contributed by atoms with E-state index in [-0.39, 0.29) is 16.1 Å². The zero-order valence-corrected chi connectivity index (χ0v) is 9.76. The van der Waals surface area contributed by atoms with Crippen molar-refractivity contribution in [3.8, 4) is 0 Å². The van der Waals surface area contributed by atoms with E-state index in [4.69, 9.17) is 11.6 Å². The molecular formula is C13H8ClF3O. The third kappa shape index (κ3) is 2.35. The summed E-state index contributed by atoms with van der Waals surface area (Å²) in [4.78, 5) is 0. The van der Waals surface area contributed by atoms with E-state index in [2.05, 4.69) is 0 Å². The SMILES string of the molecule is OC(c1ccc(F)c(Cl)c1)c1cccc(F)c1F. The Hall–Kier alpha value is -1.52. The Morgan fingerprint density at radius 3 is 2.39 bits per heavy atom. The van der Waals surface area contributed by atoms with Crippen LogP contribution in [0.3, 0.4) is 0 Å². The van der Waals surface area contributed by atoms with Crippen molar-refractivity contribution >= 4 is 11.6 Å². The van der Waals surface area contributed by atoms with Crippen molar-refractivity contribution in [1.82, 2.24) is 0 Å². The third-order valence-electron chi connectivity index (χ3n) is 2.54. The molecule has 0 spiro atoms. The topological polar surface area (TPSA) is 20.2 Å². The highest BCUT2D eigenvalue weighted by Crippen LogP contribution is 2.28. The lowest BCUT2D eigenvalue weighted by atomic mass is 10.0. The summed E-state index contributed by atoms with van der Waals surface area (Å²) in [6.07, 6.45) is -1.40. The molecule has 0 heterocycles. The molecular weight excluding hydrogens is 265 g/mol. The fourth-order valence-electron chi connectivity index (χ4n) is 1.59. The molecule has 18 heavy (non-hydrogen) atoms. The van der Waals surface area contributed by atoms with Gasteiger partial charge < -0.3 is 5.11 Å². The number of benzene rings is 2. The number of aliphatic hydroxyl groups is 1.